The smallest absolute Gasteiger partial charge is 0.420 e. The Hall–Kier alpha value is -2.51. The molecule has 0 radical (unpaired) electrons. The predicted octanol–water partition coefficient (Wildman–Crippen LogP) is 8.30. The fraction of sp³-hybridized carbons (Fsp3) is 0.261. The van der Waals surface area contributed by atoms with E-state index in [9.17, 15) is 13.2 Å². The van der Waals surface area contributed by atoms with Gasteiger partial charge in [0.25, 0.3) is 0 Å². The van der Waals surface area contributed by atoms with Gasteiger partial charge in [0, 0.05) is 16.1 Å². The van der Waals surface area contributed by atoms with Gasteiger partial charge in [-0.15, -0.1) is 11.3 Å². The van der Waals surface area contributed by atoms with E-state index in [4.69, 9.17) is 16.3 Å². The van der Waals surface area contributed by atoms with E-state index in [-0.39, 0.29) is 12.4 Å². The van der Waals surface area contributed by atoms with E-state index in [1.807, 2.05) is 36.6 Å². The van der Waals surface area contributed by atoms with E-state index in [1.165, 1.54) is 17.4 Å². The van der Waals surface area contributed by atoms with E-state index < -0.39 is 11.7 Å². The Labute approximate surface area is 188 Å². The molecular weight excluding hydrogens is 445 g/mol. The molecule has 1 aromatic heterocycles. The van der Waals surface area contributed by atoms with E-state index in [0.29, 0.717) is 21.5 Å². The van der Waals surface area contributed by atoms with Crippen LogP contribution in [0.4, 0.5) is 24.0 Å². The van der Waals surface area contributed by atoms with Crippen LogP contribution in [0.2, 0.25) is 5.02 Å². The number of nitrogens with zero attached hydrogens (tertiary/aromatic N) is 1. The second-order valence-electron chi connectivity index (χ2n) is 6.85. The molecule has 0 spiro atoms. The number of alkyl halides is 3. The van der Waals surface area contributed by atoms with Crippen LogP contribution in [0.1, 0.15) is 43.0 Å². The Balaban J connectivity index is 1.70. The molecule has 8 heteroatoms. The quantitative estimate of drug-likeness (QED) is 0.322. The number of hydrogen-bond donors (Lipinski definition) is 1. The van der Waals surface area contributed by atoms with Gasteiger partial charge in [-0.3, -0.25) is 0 Å². The summed E-state index contributed by atoms with van der Waals surface area (Å²) in [5.41, 5.74) is 1.18. The van der Waals surface area contributed by atoms with Crippen LogP contribution in [-0.4, -0.2) is 11.6 Å². The Bertz CT molecular complexity index is 1020. The van der Waals surface area contributed by atoms with Crippen LogP contribution in [0, 0.1) is 0 Å². The monoisotopic (exact) mass is 466 g/mol. The van der Waals surface area contributed by atoms with Crippen molar-refractivity contribution in [1.29, 1.82) is 0 Å². The lowest BCUT2D eigenvalue weighted by molar-refractivity contribution is -0.138. The number of hydrogen-bond acceptors (Lipinski definition) is 4. The van der Waals surface area contributed by atoms with Crippen LogP contribution >= 0.6 is 22.9 Å². The predicted molar refractivity (Wildman–Crippen MR) is 122 cm³/mol. The summed E-state index contributed by atoms with van der Waals surface area (Å²) in [7, 11) is 0. The molecule has 0 fully saturated rings. The van der Waals surface area contributed by atoms with Crippen molar-refractivity contribution in [1.82, 2.24) is 4.98 Å². The number of ether oxygens (including phenoxy) is 1. The van der Waals surface area contributed by atoms with Gasteiger partial charge in [0.1, 0.15) is 5.75 Å². The summed E-state index contributed by atoms with van der Waals surface area (Å²) in [6.45, 7) is 2.29. The molecule has 0 aliphatic rings. The second kappa shape index (κ2) is 10.7. The van der Waals surface area contributed by atoms with Crippen LogP contribution in [0.3, 0.4) is 0 Å². The normalized spacial score (nSPS) is 11.8. The van der Waals surface area contributed by atoms with Crippen molar-refractivity contribution in [3.8, 4) is 5.75 Å². The SMILES string of the molecule is CCCCCOc1ccc(Nc2nc(C=Cc3ccc(Cl)cc3)cs2)cc1C(F)(F)F. The fourth-order valence-corrected chi connectivity index (χ4v) is 3.61. The number of halogens is 4. The van der Waals surface area contributed by atoms with Crippen molar-refractivity contribution >= 4 is 45.9 Å². The molecule has 2 aromatic carbocycles. The molecule has 3 rings (SSSR count). The summed E-state index contributed by atoms with van der Waals surface area (Å²) < 4.78 is 45.9. The summed E-state index contributed by atoms with van der Waals surface area (Å²) in [5.74, 6) is -0.153. The number of nitrogens with one attached hydrogen (secondary N) is 1. The molecule has 1 heterocycles. The maximum Gasteiger partial charge on any atom is 0.420 e. The Morgan fingerprint density at radius 2 is 1.87 bits per heavy atom. The third kappa shape index (κ3) is 7.01. The first-order chi connectivity index (χ1) is 14.8. The lowest BCUT2D eigenvalue weighted by Gasteiger charge is -2.15. The molecule has 0 amide bonds. The number of benzene rings is 2. The summed E-state index contributed by atoms with van der Waals surface area (Å²) >= 11 is 7.19. The minimum absolute atomic E-state index is 0.153. The first-order valence-corrected chi connectivity index (χ1v) is 11.1. The van der Waals surface area contributed by atoms with Crippen LogP contribution in [0.15, 0.2) is 47.8 Å². The highest BCUT2D eigenvalue weighted by molar-refractivity contribution is 7.13. The molecule has 1 N–H and O–H groups in total. The zero-order valence-corrected chi connectivity index (χ0v) is 18.4. The summed E-state index contributed by atoms with van der Waals surface area (Å²) in [6, 6.07) is 11.3. The summed E-state index contributed by atoms with van der Waals surface area (Å²) in [6.07, 6.45) is 1.83. The van der Waals surface area contributed by atoms with Crippen molar-refractivity contribution in [2.45, 2.75) is 32.4 Å². The Morgan fingerprint density at radius 1 is 1.10 bits per heavy atom. The second-order valence-corrected chi connectivity index (χ2v) is 8.15. The fourth-order valence-electron chi connectivity index (χ4n) is 2.79. The first kappa shape index (κ1) is 23.2. The van der Waals surface area contributed by atoms with Gasteiger partial charge in [-0.05, 0) is 48.4 Å². The maximum atomic E-state index is 13.5. The van der Waals surface area contributed by atoms with Gasteiger partial charge in [0.05, 0.1) is 17.9 Å². The molecule has 0 bridgehead atoms. The standard InChI is InChI=1S/C23H22ClF3N2OS/c1-2-3-4-13-30-21-12-11-18(14-20(21)23(25,26)27)28-22-29-19(15-31-22)10-7-16-5-8-17(24)9-6-16/h5-12,14-15H,2-4,13H2,1H3,(H,28,29). The molecule has 0 aliphatic carbocycles. The molecule has 164 valence electrons. The average molecular weight is 467 g/mol. The highest BCUT2D eigenvalue weighted by atomic mass is 35.5. The van der Waals surface area contributed by atoms with Gasteiger partial charge in [-0.25, -0.2) is 4.98 Å². The highest BCUT2D eigenvalue weighted by Gasteiger charge is 2.34. The van der Waals surface area contributed by atoms with Gasteiger partial charge in [0.2, 0.25) is 0 Å². The van der Waals surface area contributed by atoms with Crippen LogP contribution in [0.25, 0.3) is 12.2 Å². The minimum Gasteiger partial charge on any atom is -0.493 e. The molecule has 0 saturated heterocycles. The highest BCUT2D eigenvalue weighted by Crippen LogP contribution is 2.38. The molecule has 3 aromatic rings. The lowest BCUT2D eigenvalue weighted by Crippen LogP contribution is -2.10. The number of unbranched alkanes of at least 4 members (excludes halogenated alkanes) is 2. The molecule has 3 nitrogen and oxygen atoms in total. The topological polar surface area (TPSA) is 34.1 Å². The van der Waals surface area contributed by atoms with Crippen LogP contribution in [0.5, 0.6) is 5.75 Å². The van der Waals surface area contributed by atoms with Gasteiger partial charge in [-0.2, -0.15) is 13.2 Å². The van der Waals surface area contributed by atoms with E-state index in [2.05, 4.69) is 10.3 Å². The van der Waals surface area contributed by atoms with Gasteiger partial charge >= 0.3 is 6.18 Å². The van der Waals surface area contributed by atoms with E-state index >= 15 is 0 Å². The number of anilines is 2. The number of rotatable bonds is 9. The van der Waals surface area contributed by atoms with Crippen LogP contribution < -0.4 is 10.1 Å². The van der Waals surface area contributed by atoms with Crippen molar-refractivity contribution in [3.05, 3.63) is 69.7 Å². The molecule has 0 aliphatic heterocycles. The molecule has 0 atom stereocenters. The first-order valence-electron chi connectivity index (χ1n) is 9.85. The van der Waals surface area contributed by atoms with Crippen molar-refractivity contribution in [2.24, 2.45) is 0 Å². The van der Waals surface area contributed by atoms with Crippen molar-refractivity contribution < 1.29 is 17.9 Å². The van der Waals surface area contributed by atoms with Crippen LogP contribution in [-0.2, 0) is 6.18 Å². The van der Waals surface area contributed by atoms with Crippen molar-refractivity contribution in [3.63, 3.8) is 0 Å². The zero-order chi connectivity index (χ0) is 22.3. The summed E-state index contributed by atoms with van der Waals surface area (Å²) in [4.78, 5) is 4.40. The Kier molecular flexibility index (Phi) is 7.98. The van der Waals surface area contributed by atoms with E-state index in [1.54, 1.807) is 18.2 Å². The maximum absolute atomic E-state index is 13.5. The molecule has 31 heavy (non-hydrogen) atoms. The molecular formula is C23H22ClF3N2OS. The van der Waals surface area contributed by atoms with Gasteiger partial charge in [-0.1, -0.05) is 49.6 Å². The molecule has 0 unspecified atom stereocenters. The van der Waals surface area contributed by atoms with Gasteiger partial charge in [0.15, 0.2) is 5.13 Å². The number of aromatic nitrogens is 1. The zero-order valence-electron chi connectivity index (χ0n) is 16.9. The lowest BCUT2D eigenvalue weighted by atomic mass is 10.1. The number of thiazole rings is 1. The molecule has 0 saturated carbocycles. The largest absolute Gasteiger partial charge is 0.493 e. The third-order valence-electron chi connectivity index (χ3n) is 4.38. The average Bonchev–Trinajstić information content (AvgIpc) is 3.18. The third-order valence-corrected chi connectivity index (χ3v) is 5.41. The van der Waals surface area contributed by atoms with Crippen molar-refractivity contribution in [2.75, 3.05) is 11.9 Å². The van der Waals surface area contributed by atoms with Gasteiger partial charge < -0.3 is 10.1 Å². The summed E-state index contributed by atoms with van der Waals surface area (Å²) in [5, 5.41) is 5.93. The van der Waals surface area contributed by atoms with E-state index in [0.717, 1.165) is 30.9 Å². The Morgan fingerprint density at radius 3 is 2.58 bits per heavy atom. The minimum atomic E-state index is -4.51.